The summed E-state index contributed by atoms with van der Waals surface area (Å²) in [6, 6.07) is 8.55. The highest BCUT2D eigenvalue weighted by molar-refractivity contribution is 9.09. The number of halogens is 1. The smallest absolute Gasteiger partial charge is 0.122 e. The van der Waals surface area contributed by atoms with Crippen LogP contribution in [0.1, 0.15) is 21.5 Å². The number of alkyl halides is 1. The molecule has 2 rings (SSSR count). The first-order chi connectivity index (χ1) is 8.20. The third-order valence-electron chi connectivity index (χ3n) is 2.79. The lowest BCUT2D eigenvalue weighted by molar-refractivity contribution is 0.411. The van der Waals surface area contributed by atoms with Crippen LogP contribution in [0.25, 0.3) is 0 Å². The Kier molecular flexibility index (Phi) is 4.24. The van der Waals surface area contributed by atoms with E-state index in [0.29, 0.717) is 4.83 Å². The molecule has 1 aromatic heterocycles. The van der Waals surface area contributed by atoms with E-state index in [1.807, 2.05) is 0 Å². The van der Waals surface area contributed by atoms with Crippen molar-refractivity contribution in [3.05, 3.63) is 51.7 Å². The van der Waals surface area contributed by atoms with Crippen LogP contribution >= 0.6 is 27.3 Å². The molecule has 17 heavy (non-hydrogen) atoms. The van der Waals surface area contributed by atoms with Gasteiger partial charge in [0.05, 0.1) is 7.11 Å². The molecule has 0 fully saturated rings. The van der Waals surface area contributed by atoms with Gasteiger partial charge in [0.15, 0.2) is 0 Å². The van der Waals surface area contributed by atoms with Gasteiger partial charge in [0.25, 0.3) is 0 Å². The minimum Gasteiger partial charge on any atom is -0.496 e. The van der Waals surface area contributed by atoms with E-state index in [4.69, 9.17) is 4.74 Å². The van der Waals surface area contributed by atoms with E-state index >= 15 is 0 Å². The van der Waals surface area contributed by atoms with Crippen LogP contribution in [-0.2, 0) is 6.42 Å². The molecule has 0 aliphatic carbocycles. The zero-order valence-electron chi connectivity index (χ0n) is 9.94. The first-order valence-corrected chi connectivity index (χ1v) is 7.36. The van der Waals surface area contributed by atoms with Crippen molar-refractivity contribution in [2.45, 2.75) is 18.2 Å². The van der Waals surface area contributed by atoms with Gasteiger partial charge in [-0.15, -0.1) is 0 Å². The molecular formula is C14H15BrOS. The van der Waals surface area contributed by atoms with Crippen molar-refractivity contribution in [2.24, 2.45) is 0 Å². The van der Waals surface area contributed by atoms with Crippen molar-refractivity contribution >= 4 is 27.3 Å². The molecule has 0 N–H and O–H groups in total. The second kappa shape index (κ2) is 5.69. The normalized spacial score (nSPS) is 12.4. The lowest BCUT2D eigenvalue weighted by Crippen LogP contribution is -1.96. The Morgan fingerprint density at radius 1 is 1.35 bits per heavy atom. The van der Waals surface area contributed by atoms with E-state index in [0.717, 1.165) is 12.2 Å². The molecule has 1 heterocycles. The zero-order chi connectivity index (χ0) is 12.3. The summed E-state index contributed by atoms with van der Waals surface area (Å²) >= 11 is 5.49. The quantitative estimate of drug-likeness (QED) is 0.741. The highest BCUT2D eigenvalue weighted by Crippen LogP contribution is 2.31. The van der Waals surface area contributed by atoms with Crippen LogP contribution in [0.3, 0.4) is 0 Å². The summed E-state index contributed by atoms with van der Waals surface area (Å²) in [5.41, 5.74) is 3.81. The monoisotopic (exact) mass is 310 g/mol. The summed E-state index contributed by atoms with van der Waals surface area (Å²) in [5, 5.41) is 4.31. The molecule has 0 aliphatic rings. The van der Waals surface area contributed by atoms with Crippen molar-refractivity contribution in [2.75, 3.05) is 7.11 Å². The van der Waals surface area contributed by atoms with E-state index < -0.39 is 0 Å². The van der Waals surface area contributed by atoms with Crippen LogP contribution in [0.5, 0.6) is 5.75 Å². The van der Waals surface area contributed by atoms with Crippen LogP contribution in [0, 0.1) is 6.92 Å². The maximum absolute atomic E-state index is 5.35. The molecule has 0 saturated carbocycles. The first-order valence-electron chi connectivity index (χ1n) is 5.50. The first kappa shape index (κ1) is 12.7. The summed E-state index contributed by atoms with van der Waals surface area (Å²) < 4.78 is 5.35. The number of hydrogen-bond donors (Lipinski definition) is 0. The molecule has 1 unspecified atom stereocenters. The molecule has 0 radical (unpaired) electrons. The lowest BCUT2D eigenvalue weighted by atomic mass is 10.0. The largest absolute Gasteiger partial charge is 0.496 e. The fraction of sp³-hybridized carbons (Fsp3) is 0.286. The summed E-state index contributed by atoms with van der Waals surface area (Å²) in [7, 11) is 1.72. The van der Waals surface area contributed by atoms with Crippen LogP contribution in [0.4, 0.5) is 0 Å². The molecule has 90 valence electrons. The van der Waals surface area contributed by atoms with Crippen LogP contribution in [-0.4, -0.2) is 7.11 Å². The van der Waals surface area contributed by atoms with Gasteiger partial charge < -0.3 is 4.74 Å². The molecule has 3 heteroatoms. The van der Waals surface area contributed by atoms with Gasteiger partial charge >= 0.3 is 0 Å². The van der Waals surface area contributed by atoms with E-state index in [9.17, 15) is 0 Å². The summed E-state index contributed by atoms with van der Waals surface area (Å²) in [4.78, 5) is 0.339. The van der Waals surface area contributed by atoms with E-state index in [1.165, 1.54) is 16.7 Å². The van der Waals surface area contributed by atoms with Crippen molar-refractivity contribution in [1.82, 2.24) is 0 Å². The summed E-state index contributed by atoms with van der Waals surface area (Å²) in [6.07, 6.45) is 1.01. The van der Waals surface area contributed by atoms with E-state index in [1.54, 1.807) is 18.4 Å². The molecule has 0 spiro atoms. The number of benzene rings is 1. The topological polar surface area (TPSA) is 9.23 Å². The minimum absolute atomic E-state index is 0.339. The highest BCUT2D eigenvalue weighted by Gasteiger charge is 2.10. The van der Waals surface area contributed by atoms with Gasteiger partial charge in [0.1, 0.15) is 5.75 Å². The number of aryl methyl sites for hydroxylation is 1. The van der Waals surface area contributed by atoms with Crippen LogP contribution in [0.15, 0.2) is 35.0 Å². The van der Waals surface area contributed by atoms with Crippen molar-refractivity contribution in [1.29, 1.82) is 0 Å². The molecule has 1 nitrogen and oxygen atoms in total. The maximum Gasteiger partial charge on any atom is 0.122 e. The van der Waals surface area contributed by atoms with Gasteiger partial charge in [-0.25, -0.2) is 0 Å². The third kappa shape index (κ3) is 3.11. The Labute approximate surface area is 115 Å². The summed E-state index contributed by atoms with van der Waals surface area (Å²) in [6.45, 7) is 2.06. The van der Waals surface area contributed by atoms with Gasteiger partial charge in [-0.05, 0) is 52.9 Å². The van der Waals surface area contributed by atoms with Crippen LogP contribution < -0.4 is 4.74 Å². The van der Waals surface area contributed by atoms with E-state index in [2.05, 4.69) is 57.9 Å². The van der Waals surface area contributed by atoms with Gasteiger partial charge in [-0.3, -0.25) is 0 Å². The lowest BCUT2D eigenvalue weighted by Gasteiger charge is -2.12. The predicted octanol–water partition coefficient (Wildman–Crippen LogP) is 4.74. The second-order valence-corrected chi connectivity index (χ2v) is 5.92. The second-order valence-electron chi connectivity index (χ2n) is 4.03. The number of methoxy groups -OCH3 is 1. The Hall–Kier alpha value is -0.800. The van der Waals surface area contributed by atoms with E-state index in [-0.39, 0.29) is 0 Å². The van der Waals surface area contributed by atoms with Crippen molar-refractivity contribution in [3.63, 3.8) is 0 Å². The molecule has 0 amide bonds. The number of ether oxygens (including phenoxy) is 1. The number of rotatable bonds is 4. The molecule has 1 aromatic carbocycles. The standard InChI is InChI=1S/C14H15BrOS/c1-10-3-4-12(8-14(10)16-2)13(15)7-11-5-6-17-9-11/h3-6,8-9,13H,7H2,1-2H3. The van der Waals surface area contributed by atoms with Crippen molar-refractivity contribution in [3.8, 4) is 5.75 Å². The minimum atomic E-state index is 0.339. The number of thiophene rings is 1. The molecule has 0 bridgehead atoms. The molecule has 1 atom stereocenters. The highest BCUT2D eigenvalue weighted by atomic mass is 79.9. The molecule has 0 aliphatic heterocycles. The third-order valence-corrected chi connectivity index (χ3v) is 4.37. The Morgan fingerprint density at radius 2 is 2.18 bits per heavy atom. The molecule has 0 saturated heterocycles. The zero-order valence-corrected chi connectivity index (χ0v) is 12.3. The molecular weight excluding hydrogens is 296 g/mol. The predicted molar refractivity (Wildman–Crippen MR) is 77.4 cm³/mol. The van der Waals surface area contributed by atoms with Gasteiger partial charge in [0.2, 0.25) is 0 Å². The maximum atomic E-state index is 5.35. The Balaban J connectivity index is 2.16. The Morgan fingerprint density at radius 3 is 2.82 bits per heavy atom. The van der Waals surface area contributed by atoms with Gasteiger partial charge in [0, 0.05) is 4.83 Å². The van der Waals surface area contributed by atoms with Crippen molar-refractivity contribution < 1.29 is 4.74 Å². The van der Waals surface area contributed by atoms with Gasteiger partial charge in [-0.2, -0.15) is 11.3 Å². The molecule has 2 aromatic rings. The summed E-state index contributed by atoms with van der Waals surface area (Å²) in [5.74, 6) is 0.956. The fourth-order valence-electron chi connectivity index (χ4n) is 1.77. The Bertz CT molecular complexity index is 479. The number of hydrogen-bond acceptors (Lipinski definition) is 2. The average Bonchev–Trinajstić information content (AvgIpc) is 2.82. The SMILES string of the molecule is COc1cc(C(Br)Cc2ccsc2)ccc1C. The average molecular weight is 311 g/mol. The van der Waals surface area contributed by atoms with Gasteiger partial charge in [-0.1, -0.05) is 28.1 Å². The fourth-order valence-corrected chi connectivity index (χ4v) is 3.11. The van der Waals surface area contributed by atoms with Crippen LogP contribution in [0.2, 0.25) is 0 Å².